The van der Waals surface area contributed by atoms with Crippen molar-refractivity contribution in [3.63, 3.8) is 0 Å². The van der Waals surface area contributed by atoms with Crippen molar-refractivity contribution >= 4 is 46.8 Å². The van der Waals surface area contributed by atoms with Crippen LogP contribution in [0.25, 0.3) is 0 Å². The highest BCUT2D eigenvalue weighted by Crippen LogP contribution is 2.36. The summed E-state index contributed by atoms with van der Waals surface area (Å²) in [5, 5.41) is 0. The van der Waals surface area contributed by atoms with Crippen molar-refractivity contribution < 1.29 is 4.79 Å². The Morgan fingerprint density at radius 2 is 1.67 bits per heavy atom. The Kier molecular flexibility index (Phi) is 6.33. The number of nitrogens with zero attached hydrogens (tertiary/aromatic N) is 6. The monoisotopic (exact) mass is 394 g/mol. The number of aryl methyl sites for hydroxylation is 1. The number of urea groups is 1. The average molecular weight is 396 g/mol. The van der Waals surface area contributed by atoms with Gasteiger partial charge in [-0.2, -0.15) is 9.97 Å². The largest absolute Gasteiger partial charge is 0.337 e. The summed E-state index contributed by atoms with van der Waals surface area (Å²) in [5.41, 5.74) is 0. The number of amides is 2. The number of carbonyl (C=O) groups is 1. The molecule has 0 aliphatic carbocycles. The molecule has 0 radical (unpaired) electrons. The van der Waals surface area contributed by atoms with Gasteiger partial charge in [-0.3, -0.25) is 0 Å². The molecule has 0 aromatic carbocycles. The van der Waals surface area contributed by atoms with Gasteiger partial charge >= 0.3 is 6.03 Å². The summed E-state index contributed by atoms with van der Waals surface area (Å²) < 4.78 is -1.69. The van der Waals surface area contributed by atoms with Crippen molar-refractivity contribution in [2.75, 3.05) is 44.2 Å². The molecule has 0 unspecified atom stereocenters. The number of rotatable bonds is 3. The Balaban J connectivity index is 2.07. The van der Waals surface area contributed by atoms with Gasteiger partial charge in [0.2, 0.25) is 9.74 Å². The summed E-state index contributed by atoms with van der Waals surface area (Å²) in [6.07, 6.45) is 0. The summed E-state index contributed by atoms with van der Waals surface area (Å²) in [4.78, 5) is 30.7. The molecule has 0 saturated carbocycles. The maximum Gasteiger partial charge on any atom is 0.320 e. The molecule has 2 heterocycles. The molecule has 10 heteroatoms. The van der Waals surface area contributed by atoms with Crippen LogP contribution >= 0.6 is 34.8 Å². The molecule has 0 bridgehead atoms. The average Bonchev–Trinajstić information content (AvgIpc) is 2.54. The number of piperazine rings is 1. The standard InChI is InChI=1S/C14H21Cl3N6O/c1-4-21(5-2)13(24)23-8-6-22(7-9-23)12-19-10(3)18-11(20-12)14(15,16)17/h4-9H2,1-3H3. The third-order valence-electron chi connectivity index (χ3n) is 3.86. The molecule has 24 heavy (non-hydrogen) atoms. The second kappa shape index (κ2) is 7.89. The zero-order valence-electron chi connectivity index (χ0n) is 14.0. The molecule has 1 aromatic rings. The van der Waals surface area contributed by atoms with E-state index in [9.17, 15) is 4.79 Å². The minimum atomic E-state index is -1.69. The fourth-order valence-corrected chi connectivity index (χ4v) is 2.78. The summed E-state index contributed by atoms with van der Waals surface area (Å²) in [6, 6.07) is 0.0634. The first kappa shape index (κ1) is 19.3. The Labute approximate surface area is 156 Å². The quantitative estimate of drug-likeness (QED) is 0.736. The van der Waals surface area contributed by atoms with Crippen LogP contribution in [-0.2, 0) is 3.79 Å². The normalized spacial score (nSPS) is 15.6. The lowest BCUT2D eigenvalue weighted by molar-refractivity contribution is 0.154. The van der Waals surface area contributed by atoms with Gasteiger partial charge in [0.15, 0.2) is 5.82 Å². The van der Waals surface area contributed by atoms with Crippen LogP contribution in [0.15, 0.2) is 0 Å². The Hall–Kier alpha value is -1.05. The topological polar surface area (TPSA) is 65.5 Å². The predicted molar refractivity (Wildman–Crippen MR) is 95.9 cm³/mol. The van der Waals surface area contributed by atoms with E-state index >= 15 is 0 Å². The van der Waals surface area contributed by atoms with E-state index in [4.69, 9.17) is 34.8 Å². The van der Waals surface area contributed by atoms with Crippen LogP contribution in [0.3, 0.4) is 0 Å². The lowest BCUT2D eigenvalue weighted by Gasteiger charge is -2.37. The molecule has 0 atom stereocenters. The summed E-state index contributed by atoms with van der Waals surface area (Å²) in [6.45, 7) is 9.53. The molecule has 134 valence electrons. The third-order valence-corrected chi connectivity index (χ3v) is 4.36. The highest BCUT2D eigenvalue weighted by molar-refractivity contribution is 6.66. The van der Waals surface area contributed by atoms with Crippen LogP contribution in [0, 0.1) is 6.92 Å². The molecule has 0 spiro atoms. The smallest absolute Gasteiger partial charge is 0.320 e. The van der Waals surface area contributed by atoms with E-state index in [2.05, 4.69) is 15.0 Å². The second-order valence-electron chi connectivity index (χ2n) is 5.43. The highest BCUT2D eigenvalue weighted by Gasteiger charge is 2.30. The first-order chi connectivity index (χ1) is 11.3. The van der Waals surface area contributed by atoms with Gasteiger partial charge in [-0.1, -0.05) is 34.8 Å². The first-order valence-corrected chi connectivity index (χ1v) is 8.98. The van der Waals surface area contributed by atoms with E-state index in [-0.39, 0.29) is 11.9 Å². The molecule has 1 saturated heterocycles. The number of anilines is 1. The first-order valence-electron chi connectivity index (χ1n) is 7.85. The van der Waals surface area contributed by atoms with Crippen LogP contribution < -0.4 is 4.90 Å². The van der Waals surface area contributed by atoms with Crippen molar-refractivity contribution in [1.82, 2.24) is 24.8 Å². The lowest BCUT2D eigenvalue weighted by atomic mass is 10.3. The summed E-state index contributed by atoms with van der Waals surface area (Å²) in [5.74, 6) is 1.07. The number of hydrogen-bond donors (Lipinski definition) is 0. The Morgan fingerprint density at radius 3 is 2.17 bits per heavy atom. The van der Waals surface area contributed by atoms with Crippen LogP contribution in [0.2, 0.25) is 0 Å². The molecule has 2 rings (SSSR count). The van der Waals surface area contributed by atoms with Crippen molar-refractivity contribution in [3.8, 4) is 0 Å². The van der Waals surface area contributed by atoms with Gasteiger partial charge in [-0.05, 0) is 20.8 Å². The van der Waals surface area contributed by atoms with Gasteiger partial charge < -0.3 is 14.7 Å². The maximum atomic E-state index is 12.4. The Bertz CT molecular complexity index is 582. The van der Waals surface area contributed by atoms with Gasteiger partial charge in [-0.25, -0.2) is 9.78 Å². The minimum Gasteiger partial charge on any atom is -0.337 e. The SMILES string of the molecule is CCN(CC)C(=O)N1CCN(c2nc(C)nc(C(Cl)(Cl)Cl)n2)CC1. The van der Waals surface area contributed by atoms with Gasteiger partial charge in [0.25, 0.3) is 0 Å². The molecule has 1 fully saturated rings. The fourth-order valence-electron chi connectivity index (χ4n) is 2.53. The van der Waals surface area contributed by atoms with Crippen molar-refractivity contribution in [2.45, 2.75) is 24.6 Å². The van der Waals surface area contributed by atoms with Gasteiger partial charge in [0.1, 0.15) is 5.82 Å². The maximum absolute atomic E-state index is 12.4. The summed E-state index contributed by atoms with van der Waals surface area (Å²) in [7, 11) is 0. The lowest BCUT2D eigenvalue weighted by Crippen LogP contribution is -2.53. The number of alkyl halides is 3. The van der Waals surface area contributed by atoms with Crippen molar-refractivity contribution in [2.24, 2.45) is 0 Å². The van der Waals surface area contributed by atoms with E-state index in [0.717, 1.165) is 0 Å². The van der Waals surface area contributed by atoms with E-state index in [1.807, 2.05) is 28.5 Å². The summed E-state index contributed by atoms with van der Waals surface area (Å²) >= 11 is 17.6. The fraction of sp³-hybridized carbons (Fsp3) is 0.714. The second-order valence-corrected chi connectivity index (χ2v) is 7.71. The highest BCUT2D eigenvalue weighted by atomic mass is 35.6. The zero-order chi connectivity index (χ0) is 17.9. The molecule has 7 nitrogen and oxygen atoms in total. The zero-order valence-corrected chi connectivity index (χ0v) is 16.2. The van der Waals surface area contributed by atoms with Crippen LogP contribution in [-0.4, -0.2) is 70.1 Å². The van der Waals surface area contributed by atoms with E-state index < -0.39 is 3.79 Å². The number of halogens is 3. The third kappa shape index (κ3) is 4.52. The molecular weight excluding hydrogens is 375 g/mol. The number of carbonyl (C=O) groups excluding carboxylic acids is 1. The van der Waals surface area contributed by atoms with Gasteiger partial charge in [0, 0.05) is 39.3 Å². The van der Waals surface area contributed by atoms with E-state index in [1.54, 1.807) is 6.92 Å². The predicted octanol–water partition coefficient (Wildman–Crippen LogP) is 2.59. The molecule has 1 aromatic heterocycles. The molecule has 1 aliphatic heterocycles. The minimum absolute atomic E-state index is 0.0634. The number of aromatic nitrogens is 3. The van der Waals surface area contributed by atoms with Crippen LogP contribution in [0.4, 0.5) is 10.7 Å². The van der Waals surface area contributed by atoms with Gasteiger partial charge in [0.05, 0.1) is 0 Å². The Morgan fingerprint density at radius 1 is 1.08 bits per heavy atom. The van der Waals surface area contributed by atoms with Gasteiger partial charge in [-0.15, -0.1) is 0 Å². The molecule has 0 N–H and O–H groups in total. The van der Waals surface area contributed by atoms with Crippen molar-refractivity contribution in [1.29, 1.82) is 0 Å². The molecule has 2 amide bonds. The van der Waals surface area contributed by atoms with Crippen molar-refractivity contribution in [3.05, 3.63) is 11.6 Å². The van der Waals surface area contributed by atoms with Crippen LogP contribution in [0.5, 0.6) is 0 Å². The number of hydrogen-bond acceptors (Lipinski definition) is 5. The molecule has 1 aliphatic rings. The van der Waals surface area contributed by atoms with Crippen LogP contribution in [0.1, 0.15) is 25.5 Å². The van der Waals surface area contributed by atoms with E-state index in [1.165, 1.54) is 0 Å². The van der Waals surface area contributed by atoms with E-state index in [0.29, 0.717) is 51.0 Å². The molecular formula is C14H21Cl3N6O.